The first-order valence-electron chi connectivity index (χ1n) is 6.24. The molecule has 2 heterocycles. The smallest absolute Gasteiger partial charge is 0.305 e. The van der Waals surface area contributed by atoms with Gasteiger partial charge in [0.2, 0.25) is 0 Å². The second-order valence-electron chi connectivity index (χ2n) is 4.43. The van der Waals surface area contributed by atoms with E-state index in [0.717, 1.165) is 18.9 Å². The average Bonchev–Trinajstić information content (AvgIpc) is 2.78. The molecule has 1 atom stereocenters. The summed E-state index contributed by atoms with van der Waals surface area (Å²) >= 11 is 0. The molecule has 0 saturated carbocycles. The summed E-state index contributed by atoms with van der Waals surface area (Å²) in [5.74, 6) is 0.198. The first-order chi connectivity index (χ1) is 8.70. The van der Waals surface area contributed by atoms with Crippen LogP contribution in [0.1, 0.15) is 19.2 Å². The molecule has 6 heteroatoms. The van der Waals surface area contributed by atoms with E-state index < -0.39 is 5.97 Å². The molecule has 1 aliphatic heterocycles. The molecule has 18 heavy (non-hydrogen) atoms. The van der Waals surface area contributed by atoms with Gasteiger partial charge in [0.15, 0.2) is 0 Å². The fourth-order valence-electron chi connectivity index (χ4n) is 2.25. The third-order valence-corrected chi connectivity index (χ3v) is 3.25. The van der Waals surface area contributed by atoms with Crippen LogP contribution in [0.5, 0.6) is 0 Å². The predicted molar refractivity (Wildman–Crippen MR) is 65.2 cm³/mol. The van der Waals surface area contributed by atoms with Crippen LogP contribution in [-0.4, -0.2) is 51.3 Å². The Labute approximate surface area is 106 Å². The van der Waals surface area contributed by atoms with E-state index >= 15 is 0 Å². The van der Waals surface area contributed by atoms with Gasteiger partial charge < -0.3 is 14.4 Å². The number of carboxylic acid groups (broad SMARTS) is 1. The summed E-state index contributed by atoms with van der Waals surface area (Å²) in [6.07, 6.45) is 3.85. The van der Waals surface area contributed by atoms with Crippen molar-refractivity contribution in [1.29, 1.82) is 0 Å². The Balaban J connectivity index is 2.03. The van der Waals surface area contributed by atoms with Gasteiger partial charge in [-0.1, -0.05) is 0 Å². The van der Waals surface area contributed by atoms with Gasteiger partial charge in [-0.15, -0.1) is 0 Å². The number of aryl methyl sites for hydroxylation is 1. The van der Waals surface area contributed by atoms with Gasteiger partial charge in [-0.25, -0.2) is 4.98 Å². The lowest BCUT2D eigenvalue weighted by atomic mass is 10.1. The van der Waals surface area contributed by atoms with Gasteiger partial charge in [0, 0.05) is 31.5 Å². The summed E-state index contributed by atoms with van der Waals surface area (Å²) in [5.41, 5.74) is 0. The van der Waals surface area contributed by atoms with Crippen LogP contribution in [0.25, 0.3) is 0 Å². The van der Waals surface area contributed by atoms with Gasteiger partial charge in [0.05, 0.1) is 26.2 Å². The van der Waals surface area contributed by atoms with E-state index in [1.165, 1.54) is 0 Å². The minimum atomic E-state index is -0.783. The van der Waals surface area contributed by atoms with Crippen molar-refractivity contribution < 1.29 is 14.6 Å². The summed E-state index contributed by atoms with van der Waals surface area (Å²) in [6, 6.07) is -0.0572. The standard InChI is InChI=1S/C12H19N3O3/c1-2-14-4-3-13-11(14)8-15-5-6-18-9-10(15)7-12(16)17/h3-4,10H,2,5-9H2,1H3,(H,16,17). The maximum atomic E-state index is 10.8. The molecule has 1 N–H and O–H groups in total. The molecule has 1 aromatic heterocycles. The zero-order valence-electron chi connectivity index (χ0n) is 10.6. The van der Waals surface area contributed by atoms with E-state index in [-0.39, 0.29) is 12.5 Å². The SMILES string of the molecule is CCn1ccnc1CN1CCOCC1CC(=O)O. The van der Waals surface area contributed by atoms with Crippen LogP contribution >= 0.6 is 0 Å². The van der Waals surface area contributed by atoms with Gasteiger partial charge >= 0.3 is 5.97 Å². The Bertz CT molecular complexity index is 405. The number of aliphatic carboxylic acids is 1. The minimum Gasteiger partial charge on any atom is -0.481 e. The number of carboxylic acids is 1. The number of rotatable bonds is 5. The van der Waals surface area contributed by atoms with Gasteiger partial charge in [0.25, 0.3) is 0 Å². The predicted octanol–water partition coefficient (Wildman–Crippen LogP) is 0.578. The molecule has 1 saturated heterocycles. The highest BCUT2D eigenvalue weighted by atomic mass is 16.5. The van der Waals surface area contributed by atoms with Crippen LogP contribution in [0.3, 0.4) is 0 Å². The maximum Gasteiger partial charge on any atom is 0.305 e. The number of nitrogens with zero attached hydrogens (tertiary/aromatic N) is 3. The van der Waals surface area contributed by atoms with Crippen molar-refractivity contribution in [3.8, 4) is 0 Å². The fraction of sp³-hybridized carbons (Fsp3) is 0.667. The molecule has 0 bridgehead atoms. The molecule has 100 valence electrons. The van der Waals surface area contributed by atoms with Gasteiger partial charge in [-0.2, -0.15) is 0 Å². The number of imidazole rings is 1. The van der Waals surface area contributed by atoms with E-state index in [9.17, 15) is 4.79 Å². The third kappa shape index (κ3) is 3.08. The summed E-state index contributed by atoms with van der Waals surface area (Å²) in [7, 11) is 0. The molecule has 0 aromatic carbocycles. The lowest BCUT2D eigenvalue weighted by molar-refractivity contribution is -0.140. The summed E-state index contributed by atoms with van der Waals surface area (Å²) in [6.45, 7) is 5.53. The van der Waals surface area contributed by atoms with Crippen molar-refractivity contribution in [3.05, 3.63) is 18.2 Å². The van der Waals surface area contributed by atoms with E-state index in [1.54, 1.807) is 6.20 Å². The Hall–Kier alpha value is -1.40. The van der Waals surface area contributed by atoms with E-state index in [2.05, 4.69) is 21.4 Å². The van der Waals surface area contributed by atoms with E-state index in [4.69, 9.17) is 9.84 Å². The molecule has 0 radical (unpaired) electrons. The number of morpholine rings is 1. The molecule has 1 fully saturated rings. The lowest BCUT2D eigenvalue weighted by Crippen LogP contribution is -2.46. The normalized spacial score (nSPS) is 21.1. The quantitative estimate of drug-likeness (QED) is 0.831. The van der Waals surface area contributed by atoms with Crippen LogP contribution < -0.4 is 0 Å². The Morgan fingerprint density at radius 2 is 2.50 bits per heavy atom. The molecular weight excluding hydrogens is 234 g/mol. The van der Waals surface area contributed by atoms with E-state index in [0.29, 0.717) is 19.8 Å². The largest absolute Gasteiger partial charge is 0.481 e. The number of carbonyl (C=O) groups is 1. The number of ether oxygens (including phenoxy) is 1. The van der Waals surface area contributed by atoms with Crippen LogP contribution in [0.4, 0.5) is 0 Å². The van der Waals surface area contributed by atoms with Gasteiger partial charge in [-0.3, -0.25) is 9.69 Å². The highest BCUT2D eigenvalue weighted by Crippen LogP contribution is 2.14. The zero-order valence-corrected chi connectivity index (χ0v) is 10.6. The molecule has 1 aliphatic rings. The second-order valence-corrected chi connectivity index (χ2v) is 4.43. The van der Waals surface area contributed by atoms with Crippen molar-refractivity contribution in [2.45, 2.75) is 32.5 Å². The fourth-order valence-corrected chi connectivity index (χ4v) is 2.25. The maximum absolute atomic E-state index is 10.8. The Morgan fingerprint density at radius 3 is 3.22 bits per heavy atom. The summed E-state index contributed by atoms with van der Waals surface area (Å²) in [5, 5.41) is 8.91. The first-order valence-corrected chi connectivity index (χ1v) is 6.24. The average molecular weight is 253 g/mol. The highest BCUT2D eigenvalue weighted by Gasteiger charge is 2.26. The minimum absolute atomic E-state index is 0.0572. The highest BCUT2D eigenvalue weighted by molar-refractivity contribution is 5.67. The molecule has 1 aromatic rings. The molecule has 0 spiro atoms. The van der Waals surface area contributed by atoms with Crippen molar-refractivity contribution in [3.63, 3.8) is 0 Å². The zero-order chi connectivity index (χ0) is 13.0. The van der Waals surface area contributed by atoms with Crippen molar-refractivity contribution in [2.75, 3.05) is 19.8 Å². The number of hydrogen-bond acceptors (Lipinski definition) is 4. The third-order valence-electron chi connectivity index (χ3n) is 3.25. The van der Waals surface area contributed by atoms with Crippen LogP contribution in [0.2, 0.25) is 0 Å². The number of aromatic nitrogens is 2. The Kier molecular flexibility index (Phi) is 4.33. The first kappa shape index (κ1) is 13.0. The van der Waals surface area contributed by atoms with Crippen molar-refractivity contribution >= 4 is 5.97 Å². The second kappa shape index (κ2) is 5.97. The molecular formula is C12H19N3O3. The van der Waals surface area contributed by atoms with Gasteiger partial charge in [-0.05, 0) is 6.92 Å². The number of hydrogen-bond donors (Lipinski definition) is 1. The molecule has 0 aliphatic carbocycles. The monoisotopic (exact) mass is 253 g/mol. The topological polar surface area (TPSA) is 67.6 Å². The van der Waals surface area contributed by atoms with Crippen LogP contribution in [-0.2, 0) is 22.6 Å². The summed E-state index contributed by atoms with van der Waals surface area (Å²) in [4.78, 5) is 17.3. The van der Waals surface area contributed by atoms with Crippen molar-refractivity contribution in [1.82, 2.24) is 14.5 Å². The van der Waals surface area contributed by atoms with E-state index in [1.807, 2.05) is 6.20 Å². The van der Waals surface area contributed by atoms with Gasteiger partial charge in [0.1, 0.15) is 5.82 Å². The Morgan fingerprint density at radius 1 is 1.67 bits per heavy atom. The van der Waals surface area contributed by atoms with Crippen molar-refractivity contribution in [2.24, 2.45) is 0 Å². The lowest BCUT2D eigenvalue weighted by Gasteiger charge is -2.34. The molecule has 0 amide bonds. The molecule has 2 rings (SSSR count). The summed E-state index contributed by atoms with van der Waals surface area (Å²) < 4.78 is 7.43. The molecule has 1 unspecified atom stereocenters. The van der Waals surface area contributed by atoms with Crippen LogP contribution in [0.15, 0.2) is 12.4 Å². The molecule has 6 nitrogen and oxygen atoms in total. The van der Waals surface area contributed by atoms with Crippen LogP contribution in [0, 0.1) is 0 Å².